The maximum absolute atomic E-state index is 12.3. The van der Waals surface area contributed by atoms with Crippen LogP contribution in [0.25, 0.3) is 0 Å². The van der Waals surface area contributed by atoms with E-state index in [1.165, 1.54) is 47.5 Å². The van der Waals surface area contributed by atoms with Crippen LogP contribution in [-0.2, 0) is 6.54 Å². The molecule has 0 spiro atoms. The number of nitrogens with zero attached hydrogens (tertiary/aromatic N) is 3. The van der Waals surface area contributed by atoms with Crippen molar-refractivity contribution >= 4 is 28.8 Å². The minimum Gasteiger partial charge on any atom is -0.354 e. The van der Waals surface area contributed by atoms with Gasteiger partial charge in [0, 0.05) is 37.2 Å². The van der Waals surface area contributed by atoms with Gasteiger partial charge in [0.25, 0.3) is 17.5 Å². The number of thiazole rings is 1. The fraction of sp³-hybridized carbons (Fsp3) is 0.214. The summed E-state index contributed by atoms with van der Waals surface area (Å²) in [5, 5.41) is 15.3. The van der Waals surface area contributed by atoms with Crippen molar-refractivity contribution in [3.63, 3.8) is 0 Å². The maximum Gasteiger partial charge on any atom is 0.270 e. The van der Waals surface area contributed by atoms with Crippen molar-refractivity contribution in [1.29, 1.82) is 0 Å². The predicted octanol–water partition coefficient (Wildman–Crippen LogP) is 1.68. The van der Waals surface area contributed by atoms with Crippen LogP contribution in [0.1, 0.15) is 25.9 Å². The Hall–Kier alpha value is -2.81. The van der Waals surface area contributed by atoms with Crippen LogP contribution in [0.5, 0.6) is 0 Å². The number of amides is 2. The quantitative estimate of drug-likeness (QED) is 0.661. The summed E-state index contributed by atoms with van der Waals surface area (Å²) in [5.74, 6) is -0.562. The highest BCUT2D eigenvalue weighted by molar-refractivity contribution is 7.09. The average Bonchev–Trinajstić information content (AvgIpc) is 3.01. The molecule has 120 valence electrons. The van der Waals surface area contributed by atoms with Crippen LogP contribution < -0.4 is 5.32 Å². The van der Waals surface area contributed by atoms with Crippen molar-refractivity contribution in [3.05, 3.63) is 56.0 Å². The molecule has 0 saturated heterocycles. The number of rotatable bonds is 5. The van der Waals surface area contributed by atoms with Crippen molar-refractivity contribution < 1.29 is 14.5 Å². The minimum absolute atomic E-state index is 0.0700. The van der Waals surface area contributed by atoms with Gasteiger partial charge in [0.15, 0.2) is 0 Å². The lowest BCUT2D eigenvalue weighted by Gasteiger charge is -2.15. The Labute approximate surface area is 135 Å². The lowest BCUT2D eigenvalue weighted by atomic mass is 10.2. The molecule has 1 aromatic carbocycles. The van der Waals surface area contributed by atoms with Gasteiger partial charge in [-0.25, -0.2) is 4.98 Å². The number of nitrogens with one attached hydrogen (secondary N) is 1. The Bertz CT molecular complexity index is 741. The lowest BCUT2D eigenvalue weighted by Crippen LogP contribution is -2.26. The lowest BCUT2D eigenvalue weighted by molar-refractivity contribution is -0.384. The molecule has 0 unspecified atom stereocenters. The molecule has 0 aliphatic carbocycles. The van der Waals surface area contributed by atoms with Crippen molar-refractivity contribution in [3.8, 4) is 0 Å². The molecule has 0 aliphatic rings. The molecule has 2 amide bonds. The van der Waals surface area contributed by atoms with Crippen molar-refractivity contribution in [2.75, 3.05) is 14.1 Å². The van der Waals surface area contributed by atoms with E-state index in [0.29, 0.717) is 16.3 Å². The van der Waals surface area contributed by atoms with E-state index in [0.717, 1.165) is 0 Å². The number of hydrogen-bond acceptors (Lipinski definition) is 6. The number of non-ortho nitro benzene ring substituents is 1. The molecule has 1 N–H and O–H groups in total. The van der Waals surface area contributed by atoms with Gasteiger partial charge in [-0.2, -0.15) is 0 Å². The zero-order valence-corrected chi connectivity index (χ0v) is 13.3. The number of carbonyl (C=O) groups excluding carboxylic acids is 2. The molecule has 8 nitrogen and oxygen atoms in total. The largest absolute Gasteiger partial charge is 0.354 e. The van der Waals surface area contributed by atoms with E-state index in [2.05, 4.69) is 10.3 Å². The zero-order chi connectivity index (χ0) is 17.0. The molecular weight excluding hydrogens is 320 g/mol. The molecule has 9 heteroatoms. The smallest absolute Gasteiger partial charge is 0.270 e. The van der Waals surface area contributed by atoms with E-state index in [1.54, 1.807) is 12.4 Å². The molecule has 2 aromatic rings. The molecule has 23 heavy (non-hydrogen) atoms. The average molecular weight is 334 g/mol. The Morgan fingerprint density at radius 1 is 1.35 bits per heavy atom. The van der Waals surface area contributed by atoms with Crippen LogP contribution in [0.2, 0.25) is 0 Å². The van der Waals surface area contributed by atoms with Gasteiger partial charge >= 0.3 is 0 Å². The highest BCUT2D eigenvalue weighted by Gasteiger charge is 2.16. The molecular formula is C14H14N4O4S. The summed E-state index contributed by atoms with van der Waals surface area (Å²) in [4.78, 5) is 39.4. The first-order valence-corrected chi connectivity index (χ1v) is 7.46. The van der Waals surface area contributed by atoms with Gasteiger partial charge in [0.05, 0.1) is 11.5 Å². The Kier molecular flexibility index (Phi) is 5.02. The summed E-state index contributed by atoms with van der Waals surface area (Å²) in [6, 6.07) is 5.39. The third-order valence-electron chi connectivity index (χ3n) is 3.06. The summed E-state index contributed by atoms with van der Waals surface area (Å²) >= 11 is 1.29. The van der Waals surface area contributed by atoms with Crippen molar-refractivity contribution in [2.45, 2.75) is 6.54 Å². The van der Waals surface area contributed by atoms with Gasteiger partial charge in [0.2, 0.25) is 0 Å². The molecule has 0 radical (unpaired) electrons. The molecule has 0 saturated carbocycles. The van der Waals surface area contributed by atoms with Gasteiger partial charge in [-0.15, -0.1) is 11.3 Å². The summed E-state index contributed by atoms with van der Waals surface area (Å²) in [7, 11) is 3.12. The number of aromatic nitrogens is 1. The van der Waals surface area contributed by atoms with E-state index in [-0.39, 0.29) is 24.0 Å². The summed E-state index contributed by atoms with van der Waals surface area (Å²) in [6.07, 6.45) is 0. The molecule has 0 fully saturated rings. The summed E-state index contributed by atoms with van der Waals surface area (Å²) in [6.45, 7) is 0.248. The van der Waals surface area contributed by atoms with Gasteiger partial charge in [0.1, 0.15) is 10.7 Å². The van der Waals surface area contributed by atoms with E-state index < -0.39 is 4.92 Å². The van der Waals surface area contributed by atoms with E-state index >= 15 is 0 Å². The van der Waals surface area contributed by atoms with Crippen LogP contribution in [0, 0.1) is 10.1 Å². The fourth-order valence-corrected chi connectivity index (χ4v) is 2.66. The number of nitro groups is 1. The number of nitro benzene ring substituents is 1. The number of hydrogen-bond donors (Lipinski definition) is 1. The monoisotopic (exact) mass is 334 g/mol. The Morgan fingerprint density at radius 2 is 2.00 bits per heavy atom. The highest BCUT2D eigenvalue weighted by Crippen LogP contribution is 2.16. The first-order chi connectivity index (χ1) is 10.9. The second kappa shape index (κ2) is 6.97. The van der Waals surface area contributed by atoms with Crippen molar-refractivity contribution in [1.82, 2.24) is 15.2 Å². The minimum atomic E-state index is -0.520. The second-order valence-corrected chi connectivity index (χ2v) is 5.61. The predicted molar refractivity (Wildman–Crippen MR) is 84.4 cm³/mol. The summed E-state index contributed by atoms with van der Waals surface area (Å²) < 4.78 is 0. The van der Waals surface area contributed by atoms with Crippen LogP contribution in [-0.4, -0.2) is 40.7 Å². The molecule has 0 atom stereocenters. The molecule has 2 rings (SSSR count). The van der Waals surface area contributed by atoms with Crippen LogP contribution >= 0.6 is 11.3 Å². The maximum atomic E-state index is 12.3. The van der Waals surface area contributed by atoms with Gasteiger partial charge < -0.3 is 10.2 Å². The van der Waals surface area contributed by atoms with E-state index in [1.807, 2.05) is 0 Å². The summed E-state index contributed by atoms with van der Waals surface area (Å²) in [5.41, 5.74) is 0.587. The Morgan fingerprint density at radius 3 is 2.57 bits per heavy atom. The molecule has 1 aromatic heterocycles. The van der Waals surface area contributed by atoms with Gasteiger partial charge in [-0.05, 0) is 12.1 Å². The normalized spacial score (nSPS) is 10.2. The second-order valence-electron chi connectivity index (χ2n) is 4.67. The first kappa shape index (κ1) is 16.6. The SMILES string of the molecule is CNC(=O)c1csc(CN(C)C(=O)c2ccc([N+](=O)[O-])cc2)n1. The van der Waals surface area contributed by atoms with Crippen LogP contribution in [0.3, 0.4) is 0 Å². The first-order valence-electron chi connectivity index (χ1n) is 6.58. The van der Waals surface area contributed by atoms with Gasteiger partial charge in [-0.3, -0.25) is 19.7 Å². The third kappa shape index (κ3) is 3.89. The molecule has 0 bridgehead atoms. The van der Waals surface area contributed by atoms with Crippen LogP contribution in [0.4, 0.5) is 5.69 Å². The van der Waals surface area contributed by atoms with Gasteiger partial charge in [-0.1, -0.05) is 0 Å². The fourth-order valence-electron chi connectivity index (χ4n) is 1.84. The number of carbonyl (C=O) groups is 2. The number of benzene rings is 1. The topological polar surface area (TPSA) is 105 Å². The highest BCUT2D eigenvalue weighted by atomic mass is 32.1. The van der Waals surface area contributed by atoms with E-state index in [4.69, 9.17) is 0 Å². The Balaban J connectivity index is 2.06. The van der Waals surface area contributed by atoms with E-state index in [9.17, 15) is 19.7 Å². The van der Waals surface area contributed by atoms with Crippen LogP contribution in [0.15, 0.2) is 29.6 Å². The molecule has 1 heterocycles. The van der Waals surface area contributed by atoms with Crippen molar-refractivity contribution in [2.24, 2.45) is 0 Å². The standard InChI is InChI=1S/C14H14N4O4S/c1-15-13(19)11-8-23-12(16-11)7-17(2)14(20)9-3-5-10(6-4-9)18(21)22/h3-6,8H,7H2,1-2H3,(H,15,19). The zero-order valence-electron chi connectivity index (χ0n) is 12.5. The molecule has 0 aliphatic heterocycles. The third-order valence-corrected chi connectivity index (χ3v) is 3.89.